The lowest BCUT2D eigenvalue weighted by Crippen LogP contribution is -2.09. The summed E-state index contributed by atoms with van der Waals surface area (Å²) in [4.78, 5) is 11.9. The van der Waals surface area contributed by atoms with E-state index < -0.39 is 0 Å². The number of hydrogen-bond acceptors (Lipinski definition) is 1. The number of ketones is 1. The minimum atomic E-state index is 0.322. The minimum absolute atomic E-state index is 0.322. The number of Topliss-reactive ketones (excluding diaryl/α,β-unsaturated/α-hetero) is 1. The van der Waals surface area contributed by atoms with Gasteiger partial charge in [0.2, 0.25) is 0 Å². The Hall–Kier alpha value is -1.63. The van der Waals surface area contributed by atoms with Gasteiger partial charge in [-0.2, -0.15) is 0 Å². The van der Waals surface area contributed by atoms with E-state index in [0.29, 0.717) is 12.2 Å². The molecule has 2 aliphatic carbocycles. The van der Waals surface area contributed by atoms with Crippen molar-refractivity contribution in [3.8, 4) is 0 Å². The van der Waals surface area contributed by atoms with Crippen molar-refractivity contribution >= 4 is 16.6 Å². The summed E-state index contributed by atoms with van der Waals surface area (Å²) in [7, 11) is 0. The third-order valence-corrected chi connectivity index (χ3v) is 4.01. The van der Waals surface area contributed by atoms with Gasteiger partial charge in [-0.1, -0.05) is 24.3 Å². The molecule has 2 aromatic rings. The molecule has 0 aliphatic heterocycles. The van der Waals surface area contributed by atoms with Gasteiger partial charge in [0.15, 0.2) is 5.78 Å². The maximum atomic E-state index is 11.9. The van der Waals surface area contributed by atoms with E-state index in [2.05, 4.69) is 18.2 Å². The van der Waals surface area contributed by atoms with Crippen LogP contribution >= 0.6 is 0 Å². The number of carbonyl (C=O) groups excluding carboxylic acids is 1. The Labute approximate surface area is 94.1 Å². The molecule has 4 rings (SSSR count). The first-order valence-electron chi connectivity index (χ1n) is 5.94. The van der Waals surface area contributed by atoms with Gasteiger partial charge in [-0.05, 0) is 46.7 Å². The molecule has 2 aliphatic rings. The number of aryl methyl sites for hydroxylation is 3. The van der Waals surface area contributed by atoms with Crippen LogP contribution in [0.25, 0.3) is 10.8 Å². The third kappa shape index (κ3) is 0.891. The molecule has 0 fully saturated rings. The SMILES string of the molecule is O=C1CCc2ccc3c4c(ccc1c24)CC3. The van der Waals surface area contributed by atoms with E-state index in [4.69, 9.17) is 0 Å². The minimum Gasteiger partial charge on any atom is -0.294 e. The van der Waals surface area contributed by atoms with E-state index in [9.17, 15) is 4.79 Å². The van der Waals surface area contributed by atoms with Crippen LogP contribution in [0.3, 0.4) is 0 Å². The van der Waals surface area contributed by atoms with Gasteiger partial charge in [0.05, 0.1) is 0 Å². The highest BCUT2D eigenvalue weighted by Crippen LogP contribution is 2.37. The molecule has 0 N–H and O–H groups in total. The van der Waals surface area contributed by atoms with Gasteiger partial charge in [-0.25, -0.2) is 0 Å². The summed E-state index contributed by atoms with van der Waals surface area (Å²) in [5.74, 6) is 0.322. The van der Waals surface area contributed by atoms with Crippen LogP contribution in [-0.4, -0.2) is 5.78 Å². The zero-order valence-electron chi connectivity index (χ0n) is 9.05. The molecule has 0 atom stereocenters. The maximum absolute atomic E-state index is 11.9. The second-order valence-electron chi connectivity index (χ2n) is 4.83. The lowest BCUT2D eigenvalue weighted by Gasteiger charge is -2.17. The summed E-state index contributed by atoms with van der Waals surface area (Å²) in [6.07, 6.45) is 3.89. The first-order chi connectivity index (χ1) is 7.84. The van der Waals surface area contributed by atoms with Gasteiger partial charge < -0.3 is 0 Å². The normalized spacial score (nSPS) is 17.1. The van der Waals surface area contributed by atoms with Crippen molar-refractivity contribution in [2.24, 2.45) is 0 Å². The molecule has 1 nitrogen and oxygen atoms in total. The van der Waals surface area contributed by atoms with Crippen LogP contribution in [0.5, 0.6) is 0 Å². The first-order valence-corrected chi connectivity index (χ1v) is 5.94. The van der Waals surface area contributed by atoms with E-state index in [-0.39, 0.29) is 0 Å². The molecule has 2 aromatic carbocycles. The second kappa shape index (κ2) is 2.73. The molecule has 0 aromatic heterocycles. The van der Waals surface area contributed by atoms with Gasteiger partial charge in [-0.3, -0.25) is 4.79 Å². The van der Waals surface area contributed by atoms with Crippen molar-refractivity contribution in [2.75, 3.05) is 0 Å². The highest BCUT2D eigenvalue weighted by Gasteiger charge is 2.24. The summed E-state index contributed by atoms with van der Waals surface area (Å²) < 4.78 is 0. The topological polar surface area (TPSA) is 17.1 Å². The van der Waals surface area contributed by atoms with E-state index in [1.807, 2.05) is 6.07 Å². The number of carbonyl (C=O) groups is 1. The van der Waals surface area contributed by atoms with E-state index in [1.54, 1.807) is 0 Å². The van der Waals surface area contributed by atoms with Crippen LogP contribution in [0.2, 0.25) is 0 Å². The molecule has 16 heavy (non-hydrogen) atoms. The van der Waals surface area contributed by atoms with Gasteiger partial charge in [0.1, 0.15) is 0 Å². The van der Waals surface area contributed by atoms with Crippen molar-refractivity contribution < 1.29 is 4.79 Å². The lowest BCUT2D eigenvalue weighted by molar-refractivity contribution is 0.0982. The van der Waals surface area contributed by atoms with Crippen LogP contribution in [-0.2, 0) is 19.3 Å². The number of benzene rings is 2. The maximum Gasteiger partial charge on any atom is 0.163 e. The van der Waals surface area contributed by atoms with Gasteiger partial charge in [0, 0.05) is 12.0 Å². The van der Waals surface area contributed by atoms with Crippen LogP contribution in [0.1, 0.15) is 33.5 Å². The molecule has 0 unspecified atom stereocenters. The smallest absolute Gasteiger partial charge is 0.163 e. The Morgan fingerprint density at radius 1 is 0.688 bits per heavy atom. The third-order valence-electron chi connectivity index (χ3n) is 4.01. The molecule has 0 amide bonds. The van der Waals surface area contributed by atoms with Crippen LogP contribution in [0.4, 0.5) is 0 Å². The zero-order valence-corrected chi connectivity index (χ0v) is 9.05. The van der Waals surface area contributed by atoms with Gasteiger partial charge in [-0.15, -0.1) is 0 Å². The van der Waals surface area contributed by atoms with Crippen molar-refractivity contribution in [3.63, 3.8) is 0 Å². The molecule has 0 spiro atoms. The predicted molar refractivity (Wildman–Crippen MR) is 64.0 cm³/mol. The molecular formula is C15H12O. The fourth-order valence-electron chi connectivity index (χ4n) is 3.22. The van der Waals surface area contributed by atoms with E-state index in [1.165, 1.54) is 27.5 Å². The summed E-state index contributed by atoms with van der Waals surface area (Å²) in [5, 5.41) is 2.66. The Kier molecular flexibility index (Phi) is 1.45. The molecule has 78 valence electrons. The molecule has 0 bridgehead atoms. The summed E-state index contributed by atoms with van der Waals surface area (Å²) in [5.41, 5.74) is 5.21. The molecule has 0 saturated carbocycles. The highest BCUT2D eigenvalue weighted by atomic mass is 16.1. The fourth-order valence-corrected chi connectivity index (χ4v) is 3.22. The second-order valence-corrected chi connectivity index (χ2v) is 4.83. The molecular weight excluding hydrogens is 196 g/mol. The van der Waals surface area contributed by atoms with Crippen LogP contribution in [0.15, 0.2) is 24.3 Å². The fraction of sp³-hybridized carbons (Fsp3) is 0.267. The summed E-state index contributed by atoms with van der Waals surface area (Å²) in [6, 6.07) is 8.68. The van der Waals surface area contributed by atoms with Crippen molar-refractivity contribution in [2.45, 2.75) is 25.7 Å². The highest BCUT2D eigenvalue weighted by molar-refractivity contribution is 6.13. The monoisotopic (exact) mass is 208 g/mol. The average Bonchev–Trinajstić information content (AvgIpc) is 2.73. The van der Waals surface area contributed by atoms with E-state index >= 15 is 0 Å². The van der Waals surface area contributed by atoms with Crippen molar-refractivity contribution in [3.05, 3.63) is 46.5 Å². The molecule has 0 saturated heterocycles. The average molecular weight is 208 g/mol. The van der Waals surface area contributed by atoms with Crippen molar-refractivity contribution in [1.29, 1.82) is 0 Å². The predicted octanol–water partition coefficient (Wildman–Crippen LogP) is 3.07. The summed E-state index contributed by atoms with van der Waals surface area (Å²) in [6.45, 7) is 0. The number of rotatable bonds is 0. The van der Waals surface area contributed by atoms with Crippen LogP contribution < -0.4 is 0 Å². The quantitative estimate of drug-likeness (QED) is 0.650. The van der Waals surface area contributed by atoms with Crippen LogP contribution in [0, 0.1) is 0 Å². The Balaban J connectivity index is 2.27. The van der Waals surface area contributed by atoms with Crippen molar-refractivity contribution in [1.82, 2.24) is 0 Å². The Bertz CT molecular complexity index is 627. The molecule has 1 heteroatoms. The standard InChI is InChI=1S/C15H12O/c16-13-8-6-11-4-3-9-1-2-10-5-7-12(13)15(11)14(9)10/h3-5,7H,1-2,6,8H2. The number of hydrogen-bond donors (Lipinski definition) is 0. The molecule has 0 radical (unpaired) electrons. The molecule has 0 heterocycles. The van der Waals surface area contributed by atoms with E-state index in [0.717, 1.165) is 24.8 Å². The largest absolute Gasteiger partial charge is 0.294 e. The Morgan fingerprint density at radius 2 is 1.25 bits per heavy atom. The first kappa shape index (κ1) is 8.51. The van der Waals surface area contributed by atoms with Gasteiger partial charge in [0.25, 0.3) is 0 Å². The lowest BCUT2D eigenvalue weighted by atomic mass is 9.86. The van der Waals surface area contributed by atoms with Gasteiger partial charge >= 0.3 is 0 Å². The Morgan fingerprint density at radius 3 is 2.00 bits per heavy atom. The zero-order chi connectivity index (χ0) is 10.7. The summed E-state index contributed by atoms with van der Waals surface area (Å²) >= 11 is 0.